The van der Waals surface area contributed by atoms with Crippen LogP contribution in [0.25, 0.3) is 0 Å². The van der Waals surface area contributed by atoms with Crippen LogP contribution in [-0.4, -0.2) is 36.3 Å². The van der Waals surface area contributed by atoms with E-state index in [1.54, 1.807) is 12.1 Å². The Morgan fingerprint density at radius 3 is 2.35 bits per heavy atom. The summed E-state index contributed by atoms with van der Waals surface area (Å²) in [7, 11) is 0. The molecule has 1 atom stereocenters. The van der Waals surface area contributed by atoms with Gasteiger partial charge < -0.3 is 16.0 Å². The van der Waals surface area contributed by atoms with Crippen LogP contribution >= 0.6 is 23.2 Å². The number of halogens is 2. The minimum Gasteiger partial charge on any atom is -0.352 e. The summed E-state index contributed by atoms with van der Waals surface area (Å²) in [4.78, 5) is 35.5. The van der Waals surface area contributed by atoms with Gasteiger partial charge in [-0.3, -0.25) is 14.4 Å². The molecule has 1 aromatic carbocycles. The normalized spacial score (nSPS) is 11.7. The van der Waals surface area contributed by atoms with Crippen LogP contribution in [0.2, 0.25) is 10.0 Å². The van der Waals surface area contributed by atoms with Gasteiger partial charge in [-0.05, 0) is 32.9 Å². The highest BCUT2D eigenvalue weighted by Gasteiger charge is 2.19. The smallest absolute Gasteiger partial charge is 0.253 e. The first-order valence-electron chi connectivity index (χ1n) is 7.04. The van der Waals surface area contributed by atoms with Crippen molar-refractivity contribution in [3.8, 4) is 0 Å². The molecule has 126 valence electrons. The molecular weight excluding hydrogens is 341 g/mol. The van der Waals surface area contributed by atoms with Crippen molar-refractivity contribution in [2.45, 2.75) is 32.9 Å². The maximum Gasteiger partial charge on any atom is 0.253 e. The number of carbonyl (C=O) groups is 3. The lowest BCUT2D eigenvalue weighted by atomic mass is 10.2. The highest BCUT2D eigenvalue weighted by Crippen LogP contribution is 2.25. The number of amides is 3. The fourth-order valence-electron chi connectivity index (χ4n) is 1.71. The third-order valence-electron chi connectivity index (χ3n) is 2.81. The van der Waals surface area contributed by atoms with Gasteiger partial charge in [-0.25, -0.2) is 0 Å². The van der Waals surface area contributed by atoms with Crippen molar-refractivity contribution in [2.24, 2.45) is 0 Å². The number of hydrogen-bond donors (Lipinski definition) is 3. The topological polar surface area (TPSA) is 87.3 Å². The molecule has 0 aliphatic heterocycles. The molecule has 23 heavy (non-hydrogen) atoms. The van der Waals surface area contributed by atoms with Gasteiger partial charge in [0.1, 0.15) is 6.04 Å². The molecule has 3 amide bonds. The summed E-state index contributed by atoms with van der Waals surface area (Å²) >= 11 is 11.8. The standard InChI is InChI=1S/C15H19Cl2N3O3/c1-8(2)19-12(21)7-18-14(22)9(3)20-15(23)10-5-4-6-11(16)13(10)17/h4-6,8-9H,7H2,1-3H3,(H,18,22)(H,19,21)(H,20,23). The van der Waals surface area contributed by atoms with E-state index in [-0.39, 0.29) is 34.1 Å². The zero-order valence-electron chi connectivity index (χ0n) is 13.1. The van der Waals surface area contributed by atoms with Crippen molar-refractivity contribution in [3.05, 3.63) is 33.8 Å². The lowest BCUT2D eigenvalue weighted by Gasteiger charge is -2.15. The van der Waals surface area contributed by atoms with E-state index in [4.69, 9.17) is 23.2 Å². The number of hydrogen-bond acceptors (Lipinski definition) is 3. The molecule has 0 saturated heterocycles. The Balaban J connectivity index is 2.56. The molecule has 0 aromatic heterocycles. The SMILES string of the molecule is CC(C)NC(=O)CNC(=O)C(C)NC(=O)c1cccc(Cl)c1Cl. The third-order valence-corrected chi connectivity index (χ3v) is 3.63. The van der Waals surface area contributed by atoms with Gasteiger partial charge in [-0.2, -0.15) is 0 Å². The Morgan fingerprint density at radius 1 is 1.09 bits per heavy atom. The summed E-state index contributed by atoms with van der Waals surface area (Å²) in [5.41, 5.74) is 0.177. The lowest BCUT2D eigenvalue weighted by molar-refractivity contribution is -0.127. The lowest BCUT2D eigenvalue weighted by Crippen LogP contribution is -2.48. The van der Waals surface area contributed by atoms with Gasteiger partial charge in [-0.15, -0.1) is 0 Å². The van der Waals surface area contributed by atoms with Gasteiger partial charge in [0.15, 0.2) is 0 Å². The van der Waals surface area contributed by atoms with Crippen LogP contribution in [-0.2, 0) is 9.59 Å². The van der Waals surface area contributed by atoms with Crippen molar-refractivity contribution >= 4 is 40.9 Å². The molecule has 0 aliphatic carbocycles. The van der Waals surface area contributed by atoms with Crippen LogP contribution in [0.1, 0.15) is 31.1 Å². The monoisotopic (exact) mass is 359 g/mol. The first kappa shape index (κ1) is 19.3. The Morgan fingerprint density at radius 2 is 1.74 bits per heavy atom. The second-order valence-electron chi connectivity index (χ2n) is 5.24. The summed E-state index contributed by atoms with van der Waals surface area (Å²) < 4.78 is 0. The van der Waals surface area contributed by atoms with Crippen molar-refractivity contribution in [1.29, 1.82) is 0 Å². The van der Waals surface area contributed by atoms with Gasteiger partial charge in [-0.1, -0.05) is 29.3 Å². The van der Waals surface area contributed by atoms with Crippen molar-refractivity contribution < 1.29 is 14.4 Å². The van der Waals surface area contributed by atoms with Gasteiger partial charge in [0.2, 0.25) is 11.8 Å². The van der Waals surface area contributed by atoms with Crippen molar-refractivity contribution in [2.75, 3.05) is 6.54 Å². The van der Waals surface area contributed by atoms with Crippen molar-refractivity contribution in [1.82, 2.24) is 16.0 Å². The molecular formula is C15H19Cl2N3O3. The molecule has 0 radical (unpaired) electrons. The van der Waals surface area contributed by atoms with E-state index >= 15 is 0 Å². The maximum atomic E-state index is 12.1. The quantitative estimate of drug-likeness (QED) is 0.722. The highest BCUT2D eigenvalue weighted by molar-refractivity contribution is 6.43. The van der Waals surface area contributed by atoms with Crippen LogP contribution in [0.5, 0.6) is 0 Å². The van der Waals surface area contributed by atoms with Crippen molar-refractivity contribution in [3.63, 3.8) is 0 Å². The molecule has 0 fully saturated rings. The third kappa shape index (κ3) is 6.08. The summed E-state index contributed by atoms with van der Waals surface area (Å²) in [6, 6.07) is 3.81. The highest BCUT2D eigenvalue weighted by atomic mass is 35.5. The predicted molar refractivity (Wildman–Crippen MR) is 89.7 cm³/mol. The zero-order valence-corrected chi connectivity index (χ0v) is 14.6. The van der Waals surface area contributed by atoms with Gasteiger partial charge in [0, 0.05) is 6.04 Å². The minimum atomic E-state index is -0.829. The van der Waals surface area contributed by atoms with Crippen LogP contribution in [0, 0.1) is 0 Å². The Labute approximate surface area is 144 Å². The minimum absolute atomic E-state index is 0.0125. The van der Waals surface area contributed by atoms with Gasteiger partial charge in [0.05, 0.1) is 22.2 Å². The number of rotatable bonds is 6. The average Bonchev–Trinajstić information content (AvgIpc) is 2.46. The molecule has 1 unspecified atom stereocenters. The van der Waals surface area contributed by atoms with Gasteiger partial charge in [0.25, 0.3) is 5.91 Å². The molecule has 3 N–H and O–H groups in total. The second kappa shape index (κ2) is 8.74. The van der Waals surface area contributed by atoms with E-state index in [9.17, 15) is 14.4 Å². The van der Waals surface area contributed by atoms with Crippen LogP contribution in [0.4, 0.5) is 0 Å². The number of benzene rings is 1. The fraction of sp³-hybridized carbons (Fsp3) is 0.400. The van der Waals surface area contributed by atoms with E-state index in [0.717, 1.165) is 0 Å². The molecule has 0 aliphatic rings. The summed E-state index contributed by atoms with van der Waals surface area (Å²) in [5, 5.41) is 7.97. The first-order valence-corrected chi connectivity index (χ1v) is 7.80. The second-order valence-corrected chi connectivity index (χ2v) is 6.02. The summed E-state index contributed by atoms with van der Waals surface area (Å²) in [5.74, 6) is -1.30. The van der Waals surface area contributed by atoms with Gasteiger partial charge >= 0.3 is 0 Å². The van der Waals surface area contributed by atoms with E-state index in [1.165, 1.54) is 13.0 Å². The average molecular weight is 360 g/mol. The number of nitrogens with one attached hydrogen (secondary N) is 3. The van der Waals surface area contributed by atoms with Crippen LogP contribution in [0.15, 0.2) is 18.2 Å². The van der Waals surface area contributed by atoms with E-state index in [0.29, 0.717) is 0 Å². The summed E-state index contributed by atoms with van der Waals surface area (Å²) in [6.07, 6.45) is 0. The molecule has 0 spiro atoms. The van der Waals surface area contributed by atoms with Crippen LogP contribution in [0.3, 0.4) is 0 Å². The van der Waals surface area contributed by atoms with E-state index in [2.05, 4.69) is 16.0 Å². The summed E-state index contributed by atoms with van der Waals surface area (Å²) in [6.45, 7) is 4.98. The Kier molecular flexibility index (Phi) is 7.32. The predicted octanol–water partition coefficient (Wildman–Crippen LogP) is 1.75. The maximum absolute atomic E-state index is 12.1. The fourth-order valence-corrected chi connectivity index (χ4v) is 2.10. The van der Waals surface area contributed by atoms with Crippen LogP contribution < -0.4 is 16.0 Å². The molecule has 0 heterocycles. The molecule has 6 nitrogen and oxygen atoms in total. The molecule has 0 bridgehead atoms. The molecule has 1 aromatic rings. The van der Waals surface area contributed by atoms with E-state index in [1.807, 2.05) is 13.8 Å². The molecule has 1 rings (SSSR count). The zero-order chi connectivity index (χ0) is 17.6. The Hall–Kier alpha value is -1.79. The largest absolute Gasteiger partial charge is 0.352 e. The molecule has 8 heteroatoms. The van der Waals surface area contributed by atoms with E-state index < -0.39 is 17.9 Å². The number of carbonyl (C=O) groups excluding carboxylic acids is 3. The first-order chi connectivity index (χ1) is 10.7. The molecule has 0 saturated carbocycles. The Bertz CT molecular complexity index is 606.